The minimum absolute atomic E-state index is 0. The third-order valence-electron chi connectivity index (χ3n) is 5.89. The zero-order valence-electron chi connectivity index (χ0n) is 18.2. The van der Waals surface area contributed by atoms with Crippen molar-refractivity contribution in [3.8, 4) is 22.0 Å². The molecule has 2 aromatic heterocycles. The van der Waals surface area contributed by atoms with E-state index in [0.717, 1.165) is 23.5 Å². The van der Waals surface area contributed by atoms with Crippen LogP contribution in [0.4, 0.5) is 0 Å². The number of thiazole rings is 1. The molecule has 2 heterocycles. The van der Waals surface area contributed by atoms with Crippen molar-refractivity contribution in [3.63, 3.8) is 0 Å². The molecular weight excluding hydrogens is 384 g/mol. The molecule has 1 aliphatic rings. The molecule has 0 unspecified atom stereocenters. The van der Waals surface area contributed by atoms with Crippen LogP contribution in [0.5, 0.6) is 0 Å². The van der Waals surface area contributed by atoms with Crippen LogP contribution in [-0.4, -0.2) is 9.55 Å². The third kappa shape index (κ3) is 3.99. The normalized spacial score (nSPS) is 13.1. The Labute approximate surface area is 185 Å². The van der Waals surface area contributed by atoms with E-state index in [9.17, 15) is 0 Å². The van der Waals surface area contributed by atoms with Crippen molar-refractivity contribution >= 4 is 22.6 Å². The molecule has 0 bridgehead atoms. The predicted octanol–water partition coefficient (Wildman–Crippen LogP) is 8.54. The van der Waals surface area contributed by atoms with Gasteiger partial charge in [0.2, 0.25) is 0 Å². The van der Waals surface area contributed by atoms with E-state index in [-0.39, 0.29) is 1.43 Å². The first-order chi connectivity index (χ1) is 14.6. The van der Waals surface area contributed by atoms with Crippen LogP contribution in [0.1, 0.15) is 57.3 Å². The van der Waals surface area contributed by atoms with Gasteiger partial charge in [-0.3, -0.25) is 0 Å². The van der Waals surface area contributed by atoms with E-state index in [2.05, 4.69) is 85.9 Å². The summed E-state index contributed by atoms with van der Waals surface area (Å²) in [6, 6.07) is 10.8. The second-order valence-electron chi connectivity index (χ2n) is 8.07. The van der Waals surface area contributed by atoms with Gasteiger partial charge < -0.3 is 4.57 Å². The molecule has 1 aromatic carbocycles. The number of rotatable bonds is 8. The molecular formula is C27H32N2S. The Morgan fingerprint density at radius 3 is 2.80 bits per heavy atom. The van der Waals surface area contributed by atoms with Gasteiger partial charge in [-0.25, -0.2) is 4.98 Å². The van der Waals surface area contributed by atoms with Crippen molar-refractivity contribution in [1.82, 2.24) is 9.55 Å². The summed E-state index contributed by atoms with van der Waals surface area (Å²) in [4.78, 5) is 5.05. The second kappa shape index (κ2) is 9.01. The van der Waals surface area contributed by atoms with Crippen molar-refractivity contribution < 1.29 is 1.43 Å². The van der Waals surface area contributed by atoms with Crippen LogP contribution in [0.15, 0.2) is 60.5 Å². The molecule has 156 valence electrons. The number of hydrogen-bond acceptors (Lipinski definition) is 2. The van der Waals surface area contributed by atoms with Gasteiger partial charge in [-0.1, -0.05) is 62.8 Å². The first-order valence-corrected chi connectivity index (χ1v) is 11.8. The maximum absolute atomic E-state index is 5.05. The van der Waals surface area contributed by atoms with E-state index in [4.69, 9.17) is 4.98 Å². The van der Waals surface area contributed by atoms with Crippen LogP contribution in [-0.2, 0) is 0 Å². The fourth-order valence-electron chi connectivity index (χ4n) is 4.18. The highest BCUT2D eigenvalue weighted by Crippen LogP contribution is 2.37. The van der Waals surface area contributed by atoms with Gasteiger partial charge in [0.25, 0.3) is 0 Å². The quantitative estimate of drug-likeness (QED) is 0.336. The monoisotopic (exact) mass is 416 g/mol. The number of hydrogen-bond donors (Lipinski definition) is 0. The molecule has 0 fully saturated rings. The Bertz CT molecular complexity index is 1130. The molecule has 0 saturated carbocycles. The lowest BCUT2D eigenvalue weighted by molar-refractivity contribution is 0.735. The maximum atomic E-state index is 5.05. The van der Waals surface area contributed by atoms with E-state index in [1.165, 1.54) is 58.6 Å². The molecule has 0 radical (unpaired) electrons. The molecule has 1 aliphatic carbocycles. The lowest BCUT2D eigenvalue weighted by Crippen LogP contribution is -2.01. The number of benzene rings is 1. The number of aromatic nitrogens is 2. The van der Waals surface area contributed by atoms with E-state index >= 15 is 0 Å². The number of aryl methyl sites for hydroxylation is 1. The zero-order chi connectivity index (χ0) is 21.1. The molecule has 30 heavy (non-hydrogen) atoms. The van der Waals surface area contributed by atoms with E-state index in [1.807, 2.05) is 0 Å². The van der Waals surface area contributed by atoms with Crippen LogP contribution in [0.2, 0.25) is 0 Å². The van der Waals surface area contributed by atoms with Crippen LogP contribution >= 0.6 is 11.3 Å². The van der Waals surface area contributed by atoms with Gasteiger partial charge in [0.1, 0.15) is 5.01 Å². The van der Waals surface area contributed by atoms with Crippen LogP contribution < -0.4 is 0 Å². The zero-order valence-corrected chi connectivity index (χ0v) is 19.1. The summed E-state index contributed by atoms with van der Waals surface area (Å²) < 4.78 is 2.39. The highest BCUT2D eigenvalue weighted by Gasteiger charge is 2.20. The molecule has 3 heteroatoms. The van der Waals surface area contributed by atoms with Crippen molar-refractivity contribution in [2.24, 2.45) is 0 Å². The smallest absolute Gasteiger partial charge is 0.124 e. The SMILES string of the molecule is C=C(CCCCC)c1cc(-c2csc(-c3ccccc3C)n2)n(C2=CC=CC2)c1C.[HH]. The standard InChI is InChI=1S/C27H30N2S.H2/c1-5-6-7-12-20(3)24-17-26(29(21(24)4)22-14-9-10-15-22)25-18-30-27(28-25)23-16-11-8-13-19(23)2;/h8-11,13-14,16-18H,3,5-7,12,15H2,1-2,4H3;1H. The topological polar surface area (TPSA) is 17.8 Å². The van der Waals surface area contributed by atoms with E-state index in [1.54, 1.807) is 11.3 Å². The average Bonchev–Trinajstić information content (AvgIpc) is 3.48. The molecule has 2 nitrogen and oxygen atoms in total. The highest BCUT2D eigenvalue weighted by molar-refractivity contribution is 7.13. The maximum Gasteiger partial charge on any atom is 0.124 e. The molecule has 0 amide bonds. The summed E-state index contributed by atoms with van der Waals surface area (Å²) >= 11 is 1.72. The fraction of sp³-hybridized carbons (Fsp3) is 0.296. The third-order valence-corrected chi connectivity index (χ3v) is 6.77. The van der Waals surface area contributed by atoms with Crippen molar-refractivity contribution in [2.75, 3.05) is 0 Å². The Balaban J connectivity index is 0.00000272. The predicted molar refractivity (Wildman–Crippen MR) is 134 cm³/mol. The van der Waals surface area contributed by atoms with E-state index < -0.39 is 0 Å². The largest absolute Gasteiger partial charge is 0.315 e. The van der Waals surface area contributed by atoms with E-state index in [0.29, 0.717) is 0 Å². The minimum atomic E-state index is 0. The number of nitrogens with zero attached hydrogens (tertiary/aromatic N) is 2. The van der Waals surface area contributed by atoms with Crippen LogP contribution in [0, 0.1) is 13.8 Å². The second-order valence-corrected chi connectivity index (χ2v) is 8.93. The van der Waals surface area contributed by atoms with Gasteiger partial charge in [-0.05, 0) is 55.5 Å². The lowest BCUT2D eigenvalue weighted by atomic mass is 10.0. The molecule has 0 spiro atoms. The van der Waals surface area contributed by atoms with Gasteiger partial charge >= 0.3 is 0 Å². The van der Waals surface area contributed by atoms with Crippen molar-refractivity contribution in [2.45, 2.75) is 52.9 Å². The van der Waals surface area contributed by atoms with Gasteiger partial charge in [0.15, 0.2) is 0 Å². The number of allylic oxidation sites excluding steroid dienone is 5. The van der Waals surface area contributed by atoms with Gasteiger partial charge in [-0.2, -0.15) is 0 Å². The van der Waals surface area contributed by atoms with Crippen molar-refractivity contribution in [1.29, 1.82) is 0 Å². The molecule has 0 aliphatic heterocycles. The van der Waals surface area contributed by atoms with Gasteiger partial charge in [0, 0.05) is 30.2 Å². The van der Waals surface area contributed by atoms with Crippen molar-refractivity contribution in [3.05, 3.63) is 77.3 Å². The van der Waals surface area contributed by atoms with Gasteiger partial charge in [-0.15, -0.1) is 11.3 Å². The number of unbranched alkanes of at least 4 members (excludes halogenated alkanes) is 2. The van der Waals surface area contributed by atoms with Gasteiger partial charge in [0.05, 0.1) is 11.4 Å². The van der Waals surface area contributed by atoms with Crippen LogP contribution in [0.25, 0.3) is 33.2 Å². The first kappa shape index (κ1) is 20.6. The lowest BCUT2D eigenvalue weighted by Gasteiger charge is -2.12. The summed E-state index contributed by atoms with van der Waals surface area (Å²) in [5.41, 5.74) is 9.78. The summed E-state index contributed by atoms with van der Waals surface area (Å²) in [5.74, 6) is 0. The summed E-state index contributed by atoms with van der Waals surface area (Å²) in [6.07, 6.45) is 12.3. The Morgan fingerprint density at radius 2 is 2.07 bits per heavy atom. The average molecular weight is 417 g/mol. The summed E-state index contributed by atoms with van der Waals surface area (Å²) in [6.45, 7) is 11.0. The first-order valence-electron chi connectivity index (χ1n) is 10.9. The molecule has 0 atom stereocenters. The molecule has 4 rings (SSSR count). The Hall–Kier alpha value is -2.65. The fourth-order valence-corrected chi connectivity index (χ4v) is 5.08. The summed E-state index contributed by atoms with van der Waals surface area (Å²) in [7, 11) is 0. The molecule has 0 saturated heterocycles. The molecule has 3 aromatic rings. The minimum Gasteiger partial charge on any atom is -0.315 e. The van der Waals surface area contributed by atoms with Crippen LogP contribution in [0.3, 0.4) is 0 Å². The highest BCUT2D eigenvalue weighted by atomic mass is 32.1. The molecule has 0 N–H and O–H groups in total. The summed E-state index contributed by atoms with van der Waals surface area (Å²) in [5, 5.41) is 3.27. The Morgan fingerprint density at radius 1 is 1.23 bits per heavy atom. The Kier molecular flexibility index (Phi) is 6.19.